The van der Waals surface area contributed by atoms with Crippen LogP contribution in [-0.4, -0.2) is 26.6 Å². The molecule has 0 radical (unpaired) electrons. The van der Waals surface area contributed by atoms with Gasteiger partial charge in [0, 0.05) is 24.8 Å². The van der Waals surface area contributed by atoms with Gasteiger partial charge in [0.2, 0.25) is 0 Å². The molecule has 0 saturated heterocycles. The average Bonchev–Trinajstić information content (AvgIpc) is 2.95. The largest absolute Gasteiger partial charge is 0.459 e. The SMILES string of the molecule is CN(Cc1cc2ccccc2o1)c1ccc(S(C)(=O)=O)cc1[N+](=O)[O-]. The molecule has 0 fully saturated rings. The molecule has 0 bridgehead atoms. The Morgan fingerprint density at radius 1 is 1.16 bits per heavy atom. The predicted molar refractivity (Wildman–Crippen MR) is 94.5 cm³/mol. The van der Waals surface area contributed by atoms with Crippen molar-refractivity contribution in [3.63, 3.8) is 0 Å². The van der Waals surface area contributed by atoms with Crippen molar-refractivity contribution in [1.29, 1.82) is 0 Å². The Bertz CT molecular complexity index is 1020. The molecular weight excluding hydrogens is 344 g/mol. The summed E-state index contributed by atoms with van der Waals surface area (Å²) in [6.45, 7) is 0.313. The molecule has 7 nitrogen and oxygen atoms in total. The van der Waals surface area contributed by atoms with E-state index in [-0.39, 0.29) is 10.6 Å². The van der Waals surface area contributed by atoms with E-state index in [0.29, 0.717) is 18.0 Å². The summed E-state index contributed by atoms with van der Waals surface area (Å²) in [6.07, 6.45) is 1.02. The highest BCUT2D eigenvalue weighted by Gasteiger charge is 2.21. The number of nitrogens with zero attached hydrogens (tertiary/aromatic N) is 2. The van der Waals surface area contributed by atoms with Gasteiger partial charge >= 0.3 is 0 Å². The number of benzene rings is 2. The predicted octanol–water partition coefficient (Wildman–Crippen LogP) is 3.38. The van der Waals surface area contributed by atoms with Crippen molar-refractivity contribution in [2.24, 2.45) is 0 Å². The number of hydrogen-bond donors (Lipinski definition) is 0. The topological polar surface area (TPSA) is 93.7 Å². The Balaban J connectivity index is 1.95. The van der Waals surface area contributed by atoms with Gasteiger partial charge in [0.05, 0.1) is 16.4 Å². The van der Waals surface area contributed by atoms with Gasteiger partial charge in [-0.15, -0.1) is 0 Å². The van der Waals surface area contributed by atoms with Crippen LogP contribution in [-0.2, 0) is 16.4 Å². The zero-order valence-corrected chi connectivity index (χ0v) is 14.5. The van der Waals surface area contributed by atoms with Crippen LogP contribution in [0.5, 0.6) is 0 Å². The molecule has 0 aliphatic carbocycles. The molecule has 3 rings (SSSR count). The molecule has 25 heavy (non-hydrogen) atoms. The fraction of sp³-hybridized carbons (Fsp3) is 0.176. The van der Waals surface area contributed by atoms with Crippen LogP contribution in [0.3, 0.4) is 0 Å². The number of sulfone groups is 1. The van der Waals surface area contributed by atoms with Crippen molar-refractivity contribution in [2.75, 3.05) is 18.2 Å². The minimum atomic E-state index is -3.52. The second kappa shape index (κ2) is 6.21. The minimum Gasteiger partial charge on any atom is -0.459 e. The maximum atomic E-state index is 11.6. The molecule has 0 atom stereocenters. The fourth-order valence-electron chi connectivity index (χ4n) is 2.64. The third-order valence-corrected chi connectivity index (χ3v) is 4.96. The lowest BCUT2D eigenvalue weighted by molar-refractivity contribution is -0.384. The first kappa shape index (κ1) is 17.0. The monoisotopic (exact) mass is 360 g/mol. The van der Waals surface area contributed by atoms with Gasteiger partial charge in [-0.2, -0.15) is 0 Å². The van der Waals surface area contributed by atoms with Gasteiger partial charge in [0.15, 0.2) is 9.84 Å². The van der Waals surface area contributed by atoms with Crippen molar-refractivity contribution in [1.82, 2.24) is 0 Å². The lowest BCUT2D eigenvalue weighted by atomic mass is 10.2. The zero-order valence-electron chi connectivity index (χ0n) is 13.7. The smallest absolute Gasteiger partial charge is 0.293 e. The molecule has 1 heterocycles. The summed E-state index contributed by atoms with van der Waals surface area (Å²) in [7, 11) is -1.83. The Labute approximate surface area is 144 Å². The third-order valence-electron chi connectivity index (χ3n) is 3.85. The van der Waals surface area contributed by atoms with E-state index in [4.69, 9.17) is 4.42 Å². The molecule has 2 aromatic carbocycles. The molecule has 0 spiro atoms. The van der Waals surface area contributed by atoms with Gasteiger partial charge in [0.1, 0.15) is 17.0 Å². The second-order valence-corrected chi connectivity index (χ2v) is 7.80. The molecule has 8 heteroatoms. The second-order valence-electron chi connectivity index (χ2n) is 5.79. The van der Waals surface area contributed by atoms with Crippen LogP contribution < -0.4 is 4.90 Å². The standard InChI is InChI=1S/C17H16N2O5S/c1-18(11-13-9-12-5-3-4-6-17(12)24-13)15-8-7-14(25(2,22)23)10-16(15)19(20)21/h3-10H,11H2,1-2H3. The molecule has 0 saturated carbocycles. The molecule has 0 N–H and O–H groups in total. The van der Waals surface area contributed by atoms with E-state index in [1.807, 2.05) is 30.3 Å². The number of nitro groups is 1. The highest BCUT2D eigenvalue weighted by Crippen LogP contribution is 2.31. The number of nitro benzene ring substituents is 1. The summed E-state index contributed by atoms with van der Waals surface area (Å²) >= 11 is 0. The van der Waals surface area contributed by atoms with Gasteiger partial charge in [-0.3, -0.25) is 10.1 Å². The van der Waals surface area contributed by atoms with Gasteiger partial charge in [-0.25, -0.2) is 8.42 Å². The number of furan rings is 1. The summed E-state index contributed by atoms with van der Waals surface area (Å²) in [6, 6.07) is 13.3. The lowest BCUT2D eigenvalue weighted by Crippen LogP contribution is -2.17. The number of anilines is 1. The van der Waals surface area contributed by atoms with E-state index in [1.165, 1.54) is 12.1 Å². The minimum absolute atomic E-state index is 0.0833. The quantitative estimate of drug-likeness (QED) is 0.511. The first-order valence-electron chi connectivity index (χ1n) is 7.43. The Kier molecular flexibility index (Phi) is 4.22. The first-order valence-corrected chi connectivity index (χ1v) is 9.32. The number of para-hydroxylation sites is 1. The van der Waals surface area contributed by atoms with Gasteiger partial charge in [-0.1, -0.05) is 18.2 Å². The van der Waals surface area contributed by atoms with Crippen molar-refractivity contribution in [3.8, 4) is 0 Å². The maximum Gasteiger partial charge on any atom is 0.293 e. The van der Waals surface area contributed by atoms with E-state index in [1.54, 1.807) is 11.9 Å². The Morgan fingerprint density at radius 2 is 1.88 bits per heavy atom. The van der Waals surface area contributed by atoms with Crippen LogP contribution in [0.2, 0.25) is 0 Å². The molecular formula is C17H16N2O5S. The van der Waals surface area contributed by atoms with E-state index in [0.717, 1.165) is 23.3 Å². The Hall–Kier alpha value is -2.87. The summed E-state index contributed by atoms with van der Waals surface area (Å²) < 4.78 is 29.0. The van der Waals surface area contributed by atoms with Crippen LogP contribution in [0, 0.1) is 10.1 Å². The third kappa shape index (κ3) is 3.48. The van der Waals surface area contributed by atoms with Crippen molar-refractivity contribution >= 4 is 32.2 Å². The van der Waals surface area contributed by atoms with Crippen LogP contribution in [0.1, 0.15) is 5.76 Å². The van der Waals surface area contributed by atoms with Gasteiger partial charge in [-0.05, 0) is 24.3 Å². The summed E-state index contributed by atoms with van der Waals surface area (Å²) in [5.74, 6) is 0.658. The van der Waals surface area contributed by atoms with Crippen molar-refractivity contribution in [3.05, 3.63) is 64.4 Å². The fourth-order valence-corrected chi connectivity index (χ4v) is 3.28. The van der Waals surface area contributed by atoms with E-state index >= 15 is 0 Å². The van der Waals surface area contributed by atoms with Crippen LogP contribution in [0.25, 0.3) is 11.0 Å². The van der Waals surface area contributed by atoms with E-state index in [9.17, 15) is 18.5 Å². The molecule has 0 aliphatic rings. The van der Waals surface area contributed by atoms with Crippen molar-refractivity contribution < 1.29 is 17.8 Å². The molecule has 130 valence electrons. The Morgan fingerprint density at radius 3 is 2.52 bits per heavy atom. The highest BCUT2D eigenvalue weighted by atomic mass is 32.2. The summed E-state index contributed by atoms with van der Waals surface area (Å²) in [5.41, 5.74) is 0.798. The normalized spacial score (nSPS) is 11.6. The van der Waals surface area contributed by atoms with Gasteiger partial charge in [0.25, 0.3) is 5.69 Å². The molecule has 3 aromatic rings. The summed E-state index contributed by atoms with van der Waals surface area (Å²) in [5, 5.41) is 12.3. The molecule has 0 unspecified atom stereocenters. The maximum absolute atomic E-state index is 11.6. The summed E-state index contributed by atoms with van der Waals surface area (Å²) in [4.78, 5) is 12.3. The number of fused-ring (bicyclic) bond motifs is 1. The average molecular weight is 360 g/mol. The molecule has 0 aliphatic heterocycles. The van der Waals surface area contributed by atoms with E-state index in [2.05, 4.69) is 0 Å². The van der Waals surface area contributed by atoms with Gasteiger partial charge < -0.3 is 9.32 Å². The molecule has 0 amide bonds. The van der Waals surface area contributed by atoms with Crippen molar-refractivity contribution in [2.45, 2.75) is 11.4 Å². The van der Waals surface area contributed by atoms with Crippen LogP contribution >= 0.6 is 0 Å². The number of hydrogen-bond acceptors (Lipinski definition) is 6. The highest BCUT2D eigenvalue weighted by molar-refractivity contribution is 7.90. The van der Waals surface area contributed by atoms with Crippen LogP contribution in [0.15, 0.2) is 57.8 Å². The first-order chi connectivity index (χ1) is 11.8. The zero-order chi connectivity index (χ0) is 18.2. The van der Waals surface area contributed by atoms with Crippen LogP contribution in [0.4, 0.5) is 11.4 Å². The molecule has 1 aromatic heterocycles. The number of rotatable bonds is 5. The van der Waals surface area contributed by atoms with E-state index < -0.39 is 14.8 Å². The lowest BCUT2D eigenvalue weighted by Gasteiger charge is -2.18.